The number of aromatic nitrogens is 2. The molecule has 0 spiro atoms. The second-order valence-electron chi connectivity index (χ2n) is 12.7. The highest BCUT2D eigenvalue weighted by Gasteiger charge is 2.34. The van der Waals surface area contributed by atoms with Gasteiger partial charge in [-0.25, -0.2) is 9.78 Å². The lowest BCUT2D eigenvalue weighted by molar-refractivity contribution is -0.131. The lowest BCUT2D eigenvalue weighted by Gasteiger charge is -2.34. The summed E-state index contributed by atoms with van der Waals surface area (Å²) in [5.41, 5.74) is 1.43. The maximum Gasteiger partial charge on any atom is 0.317 e. The van der Waals surface area contributed by atoms with Crippen molar-refractivity contribution in [2.45, 2.75) is 102 Å². The fourth-order valence-corrected chi connectivity index (χ4v) is 5.91. The minimum Gasteiger partial charge on any atom is -0.395 e. The summed E-state index contributed by atoms with van der Waals surface area (Å²) >= 11 is 0. The summed E-state index contributed by atoms with van der Waals surface area (Å²) in [5, 5.41) is 39.9. The molecular weight excluding hydrogens is 576 g/mol. The third kappa shape index (κ3) is 12.1. The maximum atomic E-state index is 13.9. The predicted molar refractivity (Wildman–Crippen MR) is 171 cm³/mol. The largest absolute Gasteiger partial charge is 0.395 e. The van der Waals surface area contributed by atoms with Crippen LogP contribution in [0.25, 0.3) is 0 Å². The van der Waals surface area contributed by atoms with E-state index in [1.54, 1.807) is 6.20 Å². The van der Waals surface area contributed by atoms with Gasteiger partial charge in [-0.05, 0) is 30.2 Å². The standard InChI is InChI=1S/C33H52N6O6/c1-22(2)16-29(41)30(42)26(17-23-10-6-4-7-11-23)36-32(44)28(19-25-20-34-21-35-25)37-31(43)27(18-24-12-8-5-9-13-24)38-33(45)39(3)14-15-40/h5,8-9,12-13,20-23,26-30,40-42H,4,6-7,10-11,14-19H2,1-3H3,(H,34,35)(H,36,44)(H,37,43)(H,38,45)/t26-,27-,28-,29-,30+/m0/s1. The van der Waals surface area contributed by atoms with Gasteiger partial charge in [0.1, 0.15) is 18.2 Å². The molecule has 1 heterocycles. The number of hydrogen-bond acceptors (Lipinski definition) is 7. The maximum absolute atomic E-state index is 13.9. The molecule has 1 fully saturated rings. The monoisotopic (exact) mass is 628 g/mol. The average molecular weight is 629 g/mol. The predicted octanol–water partition coefficient (Wildman–Crippen LogP) is 1.91. The van der Waals surface area contributed by atoms with Gasteiger partial charge in [0.2, 0.25) is 11.8 Å². The first-order valence-corrected chi connectivity index (χ1v) is 16.2. The van der Waals surface area contributed by atoms with Gasteiger partial charge in [0, 0.05) is 38.3 Å². The number of imidazole rings is 1. The van der Waals surface area contributed by atoms with Gasteiger partial charge in [-0.2, -0.15) is 0 Å². The van der Waals surface area contributed by atoms with E-state index in [0.717, 1.165) is 31.2 Å². The molecule has 3 rings (SSSR count). The molecule has 0 radical (unpaired) electrons. The van der Waals surface area contributed by atoms with Crippen LogP contribution in [-0.2, 0) is 22.4 Å². The zero-order chi connectivity index (χ0) is 32.8. The van der Waals surface area contributed by atoms with Gasteiger partial charge in [0.15, 0.2) is 0 Å². The summed E-state index contributed by atoms with van der Waals surface area (Å²) in [6.07, 6.45) is 7.40. The quantitative estimate of drug-likeness (QED) is 0.140. The van der Waals surface area contributed by atoms with Crippen LogP contribution in [0.5, 0.6) is 0 Å². The summed E-state index contributed by atoms with van der Waals surface area (Å²) in [4.78, 5) is 48.8. The van der Waals surface area contributed by atoms with Crippen LogP contribution in [0.3, 0.4) is 0 Å². The van der Waals surface area contributed by atoms with Crippen molar-refractivity contribution in [3.05, 3.63) is 54.1 Å². The Kier molecular flexibility index (Phi) is 14.8. The van der Waals surface area contributed by atoms with Crippen molar-refractivity contribution in [1.29, 1.82) is 0 Å². The molecule has 12 heteroatoms. The lowest BCUT2D eigenvalue weighted by Crippen LogP contribution is -2.59. The molecular formula is C33H52N6O6. The summed E-state index contributed by atoms with van der Waals surface area (Å²) in [5.74, 6) is -0.599. The molecule has 1 aliphatic rings. The molecule has 250 valence electrons. The first-order valence-electron chi connectivity index (χ1n) is 16.2. The van der Waals surface area contributed by atoms with Crippen molar-refractivity contribution >= 4 is 17.8 Å². The van der Waals surface area contributed by atoms with Gasteiger partial charge in [-0.3, -0.25) is 9.59 Å². The van der Waals surface area contributed by atoms with E-state index < -0.39 is 48.2 Å². The Hall–Kier alpha value is -3.48. The minimum atomic E-state index is -1.17. The summed E-state index contributed by atoms with van der Waals surface area (Å²) in [6, 6.07) is 5.89. The van der Waals surface area contributed by atoms with E-state index in [2.05, 4.69) is 25.9 Å². The molecule has 0 unspecified atom stereocenters. The Morgan fingerprint density at radius 2 is 1.64 bits per heavy atom. The lowest BCUT2D eigenvalue weighted by atomic mass is 9.82. The molecule has 1 aliphatic carbocycles. The number of aliphatic hydroxyl groups excluding tert-OH is 3. The molecule has 0 bridgehead atoms. The number of nitrogens with one attached hydrogen (secondary N) is 4. The minimum absolute atomic E-state index is 0.0870. The molecule has 1 aromatic carbocycles. The van der Waals surface area contributed by atoms with Crippen LogP contribution in [-0.4, -0.2) is 98.6 Å². The van der Waals surface area contributed by atoms with Crippen LogP contribution in [0.15, 0.2) is 42.9 Å². The SMILES string of the molecule is CC(C)C[C@H](O)[C@H](O)[C@H](CC1CCCCC1)NC(=O)[C@H](Cc1cnc[nH]1)NC(=O)[C@H](Cc1ccccc1)NC(=O)N(C)CCO. The second kappa shape index (κ2) is 18.5. The van der Waals surface area contributed by atoms with Crippen molar-refractivity contribution in [3.63, 3.8) is 0 Å². The van der Waals surface area contributed by atoms with Gasteiger partial charge in [-0.15, -0.1) is 0 Å². The van der Waals surface area contributed by atoms with Crippen LogP contribution in [0.1, 0.15) is 70.1 Å². The molecule has 1 saturated carbocycles. The first kappa shape index (κ1) is 36.0. The van der Waals surface area contributed by atoms with Gasteiger partial charge in [0.25, 0.3) is 0 Å². The van der Waals surface area contributed by atoms with Crippen LogP contribution in [0, 0.1) is 11.8 Å². The van der Waals surface area contributed by atoms with Gasteiger partial charge >= 0.3 is 6.03 Å². The first-order chi connectivity index (χ1) is 21.6. The van der Waals surface area contributed by atoms with E-state index in [1.165, 1.54) is 24.7 Å². The number of benzene rings is 1. The Bertz CT molecular complexity index is 1160. The van der Waals surface area contributed by atoms with Crippen LogP contribution >= 0.6 is 0 Å². The Balaban J connectivity index is 1.83. The molecule has 45 heavy (non-hydrogen) atoms. The van der Waals surface area contributed by atoms with Crippen molar-refractivity contribution in [2.75, 3.05) is 20.2 Å². The van der Waals surface area contributed by atoms with Crippen LogP contribution in [0.4, 0.5) is 4.79 Å². The summed E-state index contributed by atoms with van der Waals surface area (Å²) in [7, 11) is 1.52. The van der Waals surface area contributed by atoms with E-state index in [4.69, 9.17) is 0 Å². The number of nitrogens with zero attached hydrogens (tertiary/aromatic N) is 2. The number of amides is 4. The van der Waals surface area contributed by atoms with E-state index in [9.17, 15) is 29.7 Å². The van der Waals surface area contributed by atoms with Crippen molar-refractivity contribution in [1.82, 2.24) is 30.8 Å². The highest BCUT2D eigenvalue weighted by atomic mass is 16.3. The average Bonchev–Trinajstić information content (AvgIpc) is 3.53. The zero-order valence-corrected chi connectivity index (χ0v) is 26.8. The molecule has 0 saturated heterocycles. The zero-order valence-electron chi connectivity index (χ0n) is 26.8. The number of carbonyl (C=O) groups is 3. The van der Waals surface area contributed by atoms with E-state index in [1.807, 2.05) is 44.2 Å². The Morgan fingerprint density at radius 3 is 2.27 bits per heavy atom. The fraction of sp³-hybridized carbons (Fsp3) is 0.636. The van der Waals surface area contributed by atoms with E-state index in [0.29, 0.717) is 24.5 Å². The number of carbonyl (C=O) groups excluding carboxylic acids is 3. The van der Waals surface area contributed by atoms with E-state index >= 15 is 0 Å². The summed E-state index contributed by atoms with van der Waals surface area (Å²) < 4.78 is 0. The number of likely N-dealkylation sites (N-methyl/N-ethyl adjacent to an activating group) is 1. The normalized spacial score (nSPS) is 17.1. The topological polar surface area (TPSA) is 180 Å². The molecule has 1 aromatic heterocycles. The number of H-pyrrole nitrogens is 1. The highest BCUT2D eigenvalue weighted by molar-refractivity contribution is 5.92. The van der Waals surface area contributed by atoms with Crippen molar-refractivity contribution in [3.8, 4) is 0 Å². The molecule has 0 aliphatic heterocycles. The number of rotatable bonds is 17. The molecule has 5 atom stereocenters. The van der Waals surface area contributed by atoms with Crippen LogP contribution < -0.4 is 16.0 Å². The smallest absolute Gasteiger partial charge is 0.317 e. The number of urea groups is 1. The molecule has 2 aromatic rings. The number of aromatic amines is 1. The highest BCUT2D eigenvalue weighted by Crippen LogP contribution is 2.29. The Labute approximate surface area is 266 Å². The van der Waals surface area contributed by atoms with Gasteiger partial charge in [-0.1, -0.05) is 76.3 Å². The Morgan fingerprint density at radius 1 is 0.978 bits per heavy atom. The number of hydrogen-bond donors (Lipinski definition) is 7. The van der Waals surface area contributed by atoms with Crippen molar-refractivity contribution in [2.24, 2.45) is 11.8 Å². The second-order valence-corrected chi connectivity index (χ2v) is 12.7. The van der Waals surface area contributed by atoms with Gasteiger partial charge < -0.3 is 41.2 Å². The van der Waals surface area contributed by atoms with Crippen molar-refractivity contribution < 1.29 is 29.7 Å². The fourth-order valence-electron chi connectivity index (χ4n) is 5.91. The summed E-state index contributed by atoms with van der Waals surface area (Å²) in [6.45, 7) is 3.79. The van der Waals surface area contributed by atoms with E-state index in [-0.39, 0.29) is 31.9 Å². The third-order valence-electron chi connectivity index (χ3n) is 8.45. The van der Waals surface area contributed by atoms with Gasteiger partial charge in [0.05, 0.1) is 25.1 Å². The van der Waals surface area contributed by atoms with Crippen LogP contribution in [0.2, 0.25) is 0 Å². The molecule has 12 nitrogen and oxygen atoms in total. The number of aliphatic hydroxyl groups is 3. The third-order valence-corrected chi connectivity index (χ3v) is 8.45. The molecule has 7 N–H and O–H groups in total. The molecule has 4 amide bonds.